The Labute approximate surface area is 63.3 Å². The fourth-order valence-corrected chi connectivity index (χ4v) is 0.535. The van der Waals surface area contributed by atoms with Crippen LogP contribution in [0, 0.1) is 0 Å². The molecule has 0 aromatic carbocycles. The maximum Gasteiger partial charge on any atom is 0.373 e. The molecule has 0 bridgehead atoms. The lowest BCUT2D eigenvalue weighted by Crippen LogP contribution is -2.09. The van der Waals surface area contributed by atoms with Crippen LogP contribution < -0.4 is 0 Å². The van der Waals surface area contributed by atoms with Crippen LogP contribution in [0.5, 0.6) is 0 Å². The molecule has 1 rings (SSSR count). The Kier molecular flexibility index (Phi) is 2.32. The smallest absolute Gasteiger partial charge is 0.373 e. The molecule has 0 radical (unpaired) electrons. The van der Waals surface area contributed by atoms with Gasteiger partial charge in [0, 0.05) is 12.4 Å². The van der Waals surface area contributed by atoms with Gasteiger partial charge in [0.05, 0.1) is 0 Å². The molecule has 4 heteroatoms. The largest absolute Gasteiger partial charge is 0.475 e. The molecule has 56 valence electrons. The monoisotopic (exact) mass is 150 g/mol. The Morgan fingerprint density at radius 1 is 1.36 bits per heavy atom. The van der Waals surface area contributed by atoms with Crippen molar-refractivity contribution in [3.63, 3.8) is 0 Å². The van der Waals surface area contributed by atoms with E-state index in [0.29, 0.717) is 0 Å². The SMILES string of the molecule is O=C(O)C1=N/C=C\C=C/C=N\1. The predicted octanol–water partition coefficient (Wildman–Crippen LogP) is 0.624. The van der Waals surface area contributed by atoms with E-state index in [1.165, 1.54) is 12.4 Å². The highest BCUT2D eigenvalue weighted by Crippen LogP contribution is 1.88. The number of carboxylic acids is 1. The van der Waals surface area contributed by atoms with Crippen molar-refractivity contribution in [2.24, 2.45) is 9.98 Å². The van der Waals surface area contributed by atoms with Crippen molar-refractivity contribution in [2.75, 3.05) is 0 Å². The number of amidine groups is 1. The Balaban J connectivity index is 2.87. The van der Waals surface area contributed by atoms with Crippen LogP contribution in [0.15, 0.2) is 34.4 Å². The molecule has 0 saturated heterocycles. The summed E-state index contributed by atoms with van der Waals surface area (Å²) in [7, 11) is 0. The standard InChI is InChI=1S/C7H6N2O2/c10-7(11)6-8-4-2-1-3-5-9-6/h1-5H,(H,10,11)/b2-1-,3-1?,4-2?,5-3-,8-4-,8-6?,9-5?,9-6-. The second-order valence-corrected chi connectivity index (χ2v) is 1.76. The molecule has 11 heavy (non-hydrogen) atoms. The van der Waals surface area contributed by atoms with Crippen LogP contribution in [0.1, 0.15) is 0 Å². The summed E-state index contributed by atoms with van der Waals surface area (Å²) >= 11 is 0. The first-order valence-corrected chi connectivity index (χ1v) is 2.97. The highest BCUT2D eigenvalue weighted by atomic mass is 16.4. The van der Waals surface area contributed by atoms with Gasteiger partial charge in [-0.15, -0.1) is 0 Å². The summed E-state index contributed by atoms with van der Waals surface area (Å²) in [6.07, 6.45) is 7.75. The van der Waals surface area contributed by atoms with Gasteiger partial charge in [-0.05, 0) is 12.2 Å². The summed E-state index contributed by atoms with van der Waals surface area (Å²) in [6, 6.07) is 0. The van der Waals surface area contributed by atoms with Crippen LogP contribution in [0.25, 0.3) is 0 Å². The number of rotatable bonds is 1. The predicted molar refractivity (Wildman–Crippen MR) is 41.8 cm³/mol. The number of carbonyl (C=O) groups is 1. The summed E-state index contributed by atoms with van der Waals surface area (Å²) in [5.74, 6) is -1.33. The summed E-state index contributed by atoms with van der Waals surface area (Å²) < 4.78 is 0. The maximum absolute atomic E-state index is 10.3. The first kappa shape index (κ1) is 7.40. The Hall–Kier alpha value is -1.71. The van der Waals surface area contributed by atoms with Crippen LogP contribution in [-0.2, 0) is 4.79 Å². The second kappa shape index (κ2) is 3.46. The number of hydrogen-bond acceptors (Lipinski definition) is 3. The molecule has 0 unspecified atom stereocenters. The normalized spacial score (nSPS) is 28.9. The van der Waals surface area contributed by atoms with E-state index in [0.717, 1.165) is 0 Å². The first-order chi connectivity index (χ1) is 5.30. The van der Waals surface area contributed by atoms with Crippen molar-refractivity contribution in [3.05, 3.63) is 24.4 Å². The minimum Gasteiger partial charge on any atom is -0.475 e. The molecule has 1 heterocycles. The van der Waals surface area contributed by atoms with E-state index in [4.69, 9.17) is 5.11 Å². The third-order valence-corrected chi connectivity index (χ3v) is 0.979. The van der Waals surface area contributed by atoms with E-state index >= 15 is 0 Å². The molecule has 0 fully saturated rings. The van der Waals surface area contributed by atoms with Crippen LogP contribution in [0.3, 0.4) is 0 Å². The minimum absolute atomic E-state index is 0.203. The van der Waals surface area contributed by atoms with Gasteiger partial charge in [0.2, 0.25) is 5.84 Å². The molecule has 4 nitrogen and oxygen atoms in total. The molecule has 1 aliphatic heterocycles. The van der Waals surface area contributed by atoms with Gasteiger partial charge in [-0.3, -0.25) is 0 Å². The molecule has 0 amide bonds. The zero-order chi connectivity index (χ0) is 8.10. The number of allylic oxidation sites excluding steroid dienone is 3. The molecular weight excluding hydrogens is 144 g/mol. The Morgan fingerprint density at radius 2 is 2.18 bits per heavy atom. The topological polar surface area (TPSA) is 62.0 Å². The van der Waals surface area contributed by atoms with Gasteiger partial charge in [0.1, 0.15) is 0 Å². The molecule has 1 aliphatic rings. The van der Waals surface area contributed by atoms with Gasteiger partial charge in [-0.1, -0.05) is 6.08 Å². The average Bonchev–Trinajstić information content (AvgIpc) is 1.84. The van der Waals surface area contributed by atoms with E-state index in [-0.39, 0.29) is 5.84 Å². The van der Waals surface area contributed by atoms with Crippen molar-refractivity contribution in [3.8, 4) is 0 Å². The lowest BCUT2D eigenvalue weighted by atomic mass is 10.4. The lowest BCUT2D eigenvalue weighted by Gasteiger charge is -1.90. The maximum atomic E-state index is 10.3. The van der Waals surface area contributed by atoms with E-state index in [1.807, 2.05) is 0 Å². The third kappa shape index (κ3) is 2.17. The molecule has 0 aromatic rings. The molecule has 0 atom stereocenters. The quantitative estimate of drug-likeness (QED) is 0.595. The van der Waals surface area contributed by atoms with Crippen molar-refractivity contribution in [1.29, 1.82) is 0 Å². The van der Waals surface area contributed by atoms with Gasteiger partial charge in [-0.2, -0.15) is 0 Å². The first-order valence-electron chi connectivity index (χ1n) is 2.97. The second-order valence-electron chi connectivity index (χ2n) is 1.76. The van der Waals surface area contributed by atoms with Crippen LogP contribution in [0.2, 0.25) is 0 Å². The van der Waals surface area contributed by atoms with E-state index in [9.17, 15) is 4.79 Å². The number of hydrogen-bond donors (Lipinski definition) is 1. The molecule has 0 spiro atoms. The fraction of sp³-hybridized carbons (Fsp3) is 0. The Morgan fingerprint density at radius 3 is 2.91 bits per heavy atom. The van der Waals surface area contributed by atoms with Crippen molar-refractivity contribution in [2.45, 2.75) is 0 Å². The molecular formula is C7H6N2O2. The van der Waals surface area contributed by atoms with E-state index in [2.05, 4.69) is 9.98 Å². The van der Waals surface area contributed by atoms with Crippen molar-refractivity contribution in [1.82, 2.24) is 0 Å². The number of carboxylic acid groups (broad SMARTS) is 1. The van der Waals surface area contributed by atoms with Crippen LogP contribution >= 0.6 is 0 Å². The molecule has 0 aromatic heterocycles. The summed E-state index contributed by atoms with van der Waals surface area (Å²) in [5.41, 5.74) is 0. The number of nitrogens with zero attached hydrogens (tertiary/aromatic N) is 2. The molecule has 0 saturated carbocycles. The third-order valence-electron chi connectivity index (χ3n) is 0.979. The van der Waals surface area contributed by atoms with Gasteiger partial charge in [-0.25, -0.2) is 14.8 Å². The van der Waals surface area contributed by atoms with Gasteiger partial charge >= 0.3 is 5.97 Å². The zero-order valence-electron chi connectivity index (χ0n) is 5.64. The van der Waals surface area contributed by atoms with Crippen LogP contribution in [-0.4, -0.2) is 23.1 Å². The van der Waals surface area contributed by atoms with Crippen molar-refractivity contribution < 1.29 is 9.90 Å². The summed E-state index contributed by atoms with van der Waals surface area (Å²) in [5, 5.41) is 8.45. The number of aliphatic imine (C=N–C) groups is 2. The molecule has 0 aliphatic carbocycles. The minimum atomic E-state index is -1.12. The summed E-state index contributed by atoms with van der Waals surface area (Å²) in [4.78, 5) is 17.5. The van der Waals surface area contributed by atoms with Gasteiger partial charge in [0.25, 0.3) is 0 Å². The highest BCUT2D eigenvalue weighted by Gasteiger charge is 2.04. The van der Waals surface area contributed by atoms with Gasteiger partial charge < -0.3 is 5.11 Å². The lowest BCUT2D eigenvalue weighted by molar-refractivity contribution is -0.129. The van der Waals surface area contributed by atoms with E-state index < -0.39 is 5.97 Å². The average molecular weight is 150 g/mol. The Bertz CT molecular complexity index is 274. The highest BCUT2D eigenvalue weighted by molar-refractivity contribution is 6.36. The van der Waals surface area contributed by atoms with Crippen molar-refractivity contribution >= 4 is 18.0 Å². The van der Waals surface area contributed by atoms with Crippen LogP contribution in [0.4, 0.5) is 0 Å². The fourth-order valence-electron chi connectivity index (χ4n) is 0.535. The summed E-state index contributed by atoms with van der Waals surface area (Å²) in [6.45, 7) is 0. The zero-order valence-corrected chi connectivity index (χ0v) is 5.64. The number of aliphatic carboxylic acids is 1. The molecule has 1 N–H and O–H groups in total. The van der Waals surface area contributed by atoms with Gasteiger partial charge in [0.15, 0.2) is 0 Å². The van der Waals surface area contributed by atoms with E-state index in [1.54, 1.807) is 18.2 Å².